The summed E-state index contributed by atoms with van der Waals surface area (Å²) in [6, 6.07) is 10.00. The van der Waals surface area contributed by atoms with Crippen molar-refractivity contribution in [1.82, 2.24) is 0 Å². The summed E-state index contributed by atoms with van der Waals surface area (Å²) in [6.45, 7) is 6.29. The fourth-order valence-electron chi connectivity index (χ4n) is 2.84. The van der Waals surface area contributed by atoms with E-state index in [2.05, 4.69) is 5.32 Å². The van der Waals surface area contributed by atoms with E-state index in [-0.39, 0.29) is 5.82 Å². The molecule has 0 radical (unpaired) electrons. The quantitative estimate of drug-likeness (QED) is 0.746. The van der Waals surface area contributed by atoms with Crippen LogP contribution >= 0.6 is 0 Å². The van der Waals surface area contributed by atoms with Crippen LogP contribution in [0.1, 0.15) is 22.3 Å². The van der Waals surface area contributed by atoms with Crippen molar-refractivity contribution < 1.29 is 4.39 Å². The SMILES string of the molecule is Cc1cc(C)c(-c2c(NCc3ccc(F)cc3)c(=O)c2=O)cc1C. The van der Waals surface area contributed by atoms with Gasteiger partial charge in [-0.05, 0) is 60.7 Å². The standard InChI is InChI=1S/C20H18FNO2/c1-11-8-13(3)16(9-12(11)2)17-18(20(24)19(17)23)22-10-14-4-6-15(21)7-5-14/h4-9,22H,10H2,1-3H3. The number of nitrogens with one attached hydrogen (secondary N) is 1. The molecule has 24 heavy (non-hydrogen) atoms. The molecule has 3 aromatic carbocycles. The van der Waals surface area contributed by atoms with Crippen molar-refractivity contribution in [3.05, 3.63) is 84.9 Å². The van der Waals surface area contributed by atoms with Gasteiger partial charge in [0.05, 0.1) is 11.3 Å². The second kappa shape index (κ2) is 6.04. The molecule has 0 aromatic heterocycles. The Bertz CT molecular complexity index is 980. The maximum Gasteiger partial charge on any atom is 0.250 e. The van der Waals surface area contributed by atoms with Crippen molar-refractivity contribution in [2.24, 2.45) is 0 Å². The average Bonchev–Trinajstić information content (AvgIpc) is 2.56. The van der Waals surface area contributed by atoms with Gasteiger partial charge in [-0.25, -0.2) is 4.39 Å². The Hall–Kier alpha value is -2.75. The number of hydrogen-bond donors (Lipinski definition) is 1. The Labute approximate surface area is 139 Å². The first-order valence-corrected chi connectivity index (χ1v) is 7.78. The van der Waals surface area contributed by atoms with Crippen LogP contribution in [-0.2, 0) is 6.54 Å². The summed E-state index contributed by atoms with van der Waals surface area (Å²) in [5.74, 6) is -0.306. The number of benzene rings is 2. The van der Waals surface area contributed by atoms with E-state index < -0.39 is 10.9 Å². The maximum atomic E-state index is 12.9. The molecule has 0 aliphatic carbocycles. The predicted octanol–water partition coefficient (Wildman–Crippen LogP) is 3.63. The van der Waals surface area contributed by atoms with E-state index in [4.69, 9.17) is 0 Å². The molecule has 3 rings (SSSR count). The average molecular weight is 323 g/mol. The molecule has 0 fully saturated rings. The molecule has 3 nitrogen and oxygen atoms in total. The summed E-state index contributed by atoms with van der Waals surface area (Å²) in [7, 11) is 0. The minimum Gasteiger partial charge on any atom is -0.377 e. The molecular formula is C20H18FNO2. The Morgan fingerprint density at radius 1 is 0.875 bits per heavy atom. The molecule has 0 aliphatic heterocycles. The molecule has 0 unspecified atom stereocenters. The van der Waals surface area contributed by atoms with Gasteiger partial charge in [0.2, 0.25) is 10.9 Å². The fourth-order valence-corrected chi connectivity index (χ4v) is 2.84. The molecule has 0 saturated heterocycles. The fraction of sp³-hybridized carbons (Fsp3) is 0.200. The van der Waals surface area contributed by atoms with Crippen molar-refractivity contribution >= 4 is 5.69 Å². The second-order valence-electron chi connectivity index (χ2n) is 6.14. The minimum atomic E-state index is -0.496. The van der Waals surface area contributed by atoms with Gasteiger partial charge in [0.15, 0.2) is 0 Å². The zero-order valence-electron chi connectivity index (χ0n) is 13.9. The molecule has 4 heteroatoms. The Balaban J connectivity index is 1.93. The van der Waals surface area contributed by atoms with Gasteiger partial charge in [0.25, 0.3) is 0 Å². The first-order chi connectivity index (χ1) is 11.4. The van der Waals surface area contributed by atoms with Crippen LogP contribution in [0.15, 0.2) is 46.0 Å². The van der Waals surface area contributed by atoms with E-state index in [1.807, 2.05) is 32.9 Å². The molecule has 0 bridgehead atoms. The van der Waals surface area contributed by atoms with Crippen molar-refractivity contribution in [2.45, 2.75) is 27.3 Å². The predicted molar refractivity (Wildman–Crippen MR) is 94.7 cm³/mol. The molecule has 0 amide bonds. The van der Waals surface area contributed by atoms with Crippen LogP contribution in [0.5, 0.6) is 0 Å². The third-order valence-electron chi connectivity index (χ3n) is 4.40. The topological polar surface area (TPSA) is 46.2 Å². The number of anilines is 1. The van der Waals surface area contributed by atoms with Crippen molar-refractivity contribution in [3.8, 4) is 11.1 Å². The highest BCUT2D eigenvalue weighted by molar-refractivity contribution is 5.84. The van der Waals surface area contributed by atoms with Crippen LogP contribution in [0.4, 0.5) is 10.1 Å². The lowest BCUT2D eigenvalue weighted by Gasteiger charge is -2.16. The van der Waals surface area contributed by atoms with E-state index in [9.17, 15) is 14.0 Å². The molecular weight excluding hydrogens is 305 g/mol. The zero-order chi connectivity index (χ0) is 17.4. The first-order valence-electron chi connectivity index (χ1n) is 7.78. The Morgan fingerprint density at radius 2 is 1.50 bits per heavy atom. The summed E-state index contributed by atoms with van der Waals surface area (Å²) >= 11 is 0. The smallest absolute Gasteiger partial charge is 0.250 e. The van der Waals surface area contributed by atoms with E-state index in [1.54, 1.807) is 12.1 Å². The highest BCUT2D eigenvalue weighted by Crippen LogP contribution is 2.29. The van der Waals surface area contributed by atoms with Crippen molar-refractivity contribution in [3.63, 3.8) is 0 Å². The van der Waals surface area contributed by atoms with Crippen LogP contribution in [0, 0.1) is 26.6 Å². The number of hydrogen-bond acceptors (Lipinski definition) is 3. The number of halogens is 1. The third kappa shape index (κ3) is 2.75. The summed E-state index contributed by atoms with van der Waals surface area (Å²) in [4.78, 5) is 24.0. The van der Waals surface area contributed by atoms with Crippen LogP contribution in [0.3, 0.4) is 0 Å². The third-order valence-corrected chi connectivity index (χ3v) is 4.40. The van der Waals surface area contributed by atoms with E-state index in [1.165, 1.54) is 12.1 Å². The van der Waals surface area contributed by atoms with Crippen LogP contribution < -0.4 is 16.2 Å². The molecule has 0 aliphatic rings. The van der Waals surface area contributed by atoms with Gasteiger partial charge < -0.3 is 5.32 Å². The Kier molecular flexibility index (Phi) is 4.06. The van der Waals surface area contributed by atoms with Gasteiger partial charge in [-0.2, -0.15) is 0 Å². The lowest BCUT2D eigenvalue weighted by atomic mass is 9.91. The summed E-state index contributed by atoms with van der Waals surface area (Å²) in [6.07, 6.45) is 0. The molecule has 0 saturated carbocycles. The number of aryl methyl sites for hydroxylation is 3. The van der Waals surface area contributed by atoms with Crippen LogP contribution in [0.25, 0.3) is 11.1 Å². The summed E-state index contributed by atoms with van der Waals surface area (Å²) in [5.41, 5.74) is 4.67. The second-order valence-corrected chi connectivity index (χ2v) is 6.14. The lowest BCUT2D eigenvalue weighted by Crippen LogP contribution is -2.36. The molecule has 122 valence electrons. The molecule has 1 N–H and O–H groups in total. The lowest BCUT2D eigenvalue weighted by molar-refractivity contribution is 0.627. The monoisotopic (exact) mass is 323 g/mol. The van der Waals surface area contributed by atoms with E-state index in [0.717, 1.165) is 27.8 Å². The van der Waals surface area contributed by atoms with E-state index >= 15 is 0 Å². The molecule has 0 heterocycles. The zero-order valence-corrected chi connectivity index (χ0v) is 13.9. The highest BCUT2D eigenvalue weighted by Gasteiger charge is 2.23. The summed E-state index contributed by atoms with van der Waals surface area (Å²) < 4.78 is 12.9. The first kappa shape index (κ1) is 16.1. The van der Waals surface area contributed by atoms with Gasteiger partial charge in [-0.15, -0.1) is 0 Å². The molecule has 3 aromatic rings. The minimum absolute atomic E-state index is 0.306. The van der Waals surface area contributed by atoms with Crippen LogP contribution in [-0.4, -0.2) is 0 Å². The maximum absolute atomic E-state index is 12.9. The molecule has 0 atom stereocenters. The van der Waals surface area contributed by atoms with Gasteiger partial charge in [0.1, 0.15) is 5.82 Å². The van der Waals surface area contributed by atoms with Gasteiger partial charge >= 0.3 is 0 Å². The van der Waals surface area contributed by atoms with Gasteiger partial charge in [-0.3, -0.25) is 9.59 Å². The normalized spacial score (nSPS) is 11.0. The van der Waals surface area contributed by atoms with Gasteiger partial charge in [-0.1, -0.05) is 24.3 Å². The van der Waals surface area contributed by atoms with E-state index in [0.29, 0.717) is 17.8 Å². The van der Waals surface area contributed by atoms with Crippen molar-refractivity contribution in [1.29, 1.82) is 0 Å². The van der Waals surface area contributed by atoms with Gasteiger partial charge in [0, 0.05) is 6.54 Å². The Morgan fingerprint density at radius 3 is 2.17 bits per heavy atom. The highest BCUT2D eigenvalue weighted by atomic mass is 19.1. The number of rotatable bonds is 4. The largest absolute Gasteiger partial charge is 0.377 e. The summed E-state index contributed by atoms with van der Waals surface area (Å²) in [5, 5.41) is 3.03. The van der Waals surface area contributed by atoms with Crippen molar-refractivity contribution in [2.75, 3.05) is 5.32 Å². The molecule has 0 spiro atoms. The van der Waals surface area contributed by atoms with Crippen LogP contribution in [0.2, 0.25) is 0 Å².